The van der Waals surface area contributed by atoms with Gasteiger partial charge in [0.15, 0.2) is 5.76 Å². The Morgan fingerprint density at radius 2 is 1.83 bits per heavy atom. The Hall–Kier alpha value is -3.39. The molecule has 2 amide bonds. The van der Waals surface area contributed by atoms with Crippen molar-refractivity contribution in [2.45, 2.75) is 13.3 Å². The third-order valence-corrected chi connectivity index (χ3v) is 5.27. The molecule has 0 saturated carbocycles. The van der Waals surface area contributed by atoms with Crippen molar-refractivity contribution in [3.63, 3.8) is 0 Å². The number of nitrogens with one attached hydrogen (secondary N) is 2. The van der Waals surface area contributed by atoms with Crippen molar-refractivity contribution in [2.24, 2.45) is 5.92 Å². The van der Waals surface area contributed by atoms with Crippen molar-refractivity contribution in [3.05, 3.63) is 76.6 Å². The highest BCUT2D eigenvalue weighted by atomic mass is 32.1. The summed E-state index contributed by atoms with van der Waals surface area (Å²) in [6.45, 7) is 1.97. The number of aliphatic carboxylic acids is 1. The van der Waals surface area contributed by atoms with Crippen LogP contribution in [0.4, 0.5) is 5.00 Å². The summed E-state index contributed by atoms with van der Waals surface area (Å²) in [7, 11) is 0. The first-order valence-electron chi connectivity index (χ1n) is 8.93. The van der Waals surface area contributed by atoms with Crippen LogP contribution in [0.1, 0.15) is 31.4 Å². The molecule has 7 nitrogen and oxygen atoms in total. The van der Waals surface area contributed by atoms with Gasteiger partial charge in [-0.05, 0) is 43.2 Å². The second kappa shape index (κ2) is 9.20. The number of aryl methyl sites for hydroxylation is 1. The molecule has 0 spiro atoms. The zero-order chi connectivity index (χ0) is 20.8. The lowest BCUT2D eigenvalue weighted by molar-refractivity contribution is -0.141. The predicted molar refractivity (Wildman–Crippen MR) is 109 cm³/mol. The van der Waals surface area contributed by atoms with Gasteiger partial charge in [0, 0.05) is 6.54 Å². The molecule has 1 atom stereocenters. The normalized spacial score (nSPS) is 11.6. The van der Waals surface area contributed by atoms with Gasteiger partial charge in [-0.15, -0.1) is 11.3 Å². The fourth-order valence-electron chi connectivity index (χ4n) is 2.67. The fourth-order valence-corrected chi connectivity index (χ4v) is 3.48. The number of thiophene rings is 1. The fraction of sp³-hybridized carbons (Fsp3) is 0.190. The SMILES string of the molecule is Cc1ccc(CC(CNC(=O)c2ccc(NC(=O)c3ccco3)s2)C(=O)O)cc1. The van der Waals surface area contributed by atoms with Crippen LogP contribution in [0.25, 0.3) is 0 Å². The minimum Gasteiger partial charge on any atom is -0.481 e. The maximum absolute atomic E-state index is 12.4. The zero-order valence-corrected chi connectivity index (χ0v) is 16.5. The number of carbonyl (C=O) groups excluding carboxylic acids is 2. The molecule has 1 unspecified atom stereocenters. The van der Waals surface area contributed by atoms with E-state index in [0.29, 0.717) is 16.3 Å². The van der Waals surface area contributed by atoms with Crippen molar-refractivity contribution in [1.29, 1.82) is 0 Å². The number of carboxylic acid groups (broad SMARTS) is 1. The molecule has 150 valence electrons. The van der Waals surface area contributed by atoms with Crippen LogP contribution in [0, 0.1) is 12.8 Å². The van der Waals surface area contributed by atoms with Gasteiger partial charge >= 0.3 is 5.97 Å². The maximum atomic E-state index is 12.4. The molecule has 2 aromatic heterocycles. The Kier molecular flexibility index (Phi) is 6.46. The number of hydrogen-bond acceptors (Lipinski definition) is 5. The highest BCUT2D eigenvalue weighted by Crippen LogP contribution is 2.22. The minimum atomic E-state index is -0.969. The molecule has 1 aromatic carbocycles. The molecule has 3 aromatic rings. The Morgan fingerprint density at radius 1 is 1.07 bits per heavy atom. The van der Waals surface area contributed by atoms with Crippen molar-refractivity contribution in [2.75, 3.05) is 11.9 Å². The highest BCUT2D eigenvalue weighted by molar-refractivity contribution is 7.18. The average Bonchev–Trinajstić information content (AvgIpc) is 3.38. The summed E-state index contributed by atoms with van der Waals surface area (Å²) < 4.78 is 5.02. The van der Waals surface area contributed by atoms with E-state index < -0.39 is 17.8 Å². The van der Waals surface area contributed by atoms with Crippen molar-refractivity contribution >= 4 is 34.1 Å². The first kappa shape index (κ1) is 20.3. The van der Waals surface area contributed by atoms with Crippen LogP contribution in [0.5, 0.6) is 0 Å². The van der Waals surface area contributed by atoms with Crippen LogP contribution in [-0.2, 0) is 11.2 Å². The summed E-state index contributed by atoms with van der Waals surface area (Å²) >= 11 is 1.10. The van der Waals surface area contributed by atoms with Crippen LogP contribution in [0.2, 0.25) is 0 Å². The van der Waals surface area contributed by atoms with Crippen LogP contribution in [0.15, 0.2) is 59.2 Å². The summed E-state index contributed by atoms with van der Waals surface area (Å²) in [6.07, 6.45) is 1.72. The van der Waals surface area contributed by atoms with Crippen LogP contribution in [-0.4, -0.2) is 29.4 Å². The predicted octanol–water partition coefficient (Wildman–Crippen LogP) is 3.58. The van der Waals surface area contributed by atoms with E-state index >= 15 is 0 Å². The molecular weight excluding hydrogens is 392 g/mol. The van der Waals surface area contributed by atoms with Gasteiger partial charge in [-0.3, -0.25) is 14.4 Å². The Morgan fingerprint density at radius 3 is 2.48 bits per heavy atom. The average molecular weight is 412 g/mol. The van der Waals surface area contributed by atoms with E-state index in [-0.39, 0.29) is 18.2 Å². The third-order valence-electron chi connectivity index (χ3n) is 4.27. The maximum Gasteiger partial charge on any atom is 0.308 e. The summed E-state index contributed by atoms with van der Waals surface area (Å²) in [5.41, 5.74) is 2.00. The molecule has 0 aliphatic carbocycles. The molecule has 0 bridgehead atoms. The molecule has 3 N–H and O–H groups in total. The number of rotatable bonds is 8. The largest absolute Gasteiger partial charge is 0.481 e. The zero-order valence-electron chi connectivity index (χ0n) is 15.7. The number of amides is 2. The molecule has 8 heteroatoms. The lowest BCUT2D eigenvalue weighted by atomic mass is 9.98. The standard InChI is InChI=1S/C21H20N2O5S/c1-13-4-6-14(7-5-13)11-15(21(26)27)12-22-20(25)17-8-9-18(29-17)23-19(24)16-3-2-10-28-16/h2-10,15H,11-12H2,1H3,(H,22,25)(H,23,24)(H,26,27). The van der Waals surface area contributed by atoms with E-state index in [1.54, 1.807) is 18.2 Å². The molecule has 2 heterocycles. The topological polar surface area (TPSA) is 109 Å². The Labute approximate surface area is 171 Å². The summed E-state index contributed by atoms with van der Waals surface area (Å²) in [5.74, 6) is -2.33. The Balaban J connectivity index is 1.56. The number of benzene rings is 1. The van der Waals surface area contributed by atoms with E-state index in [2.05, 4.69) is 10.6 Å². The Bertz CT molecular complexity index is 993. The lowest BCUT2D eigenvalue weighted by Crippen LogP contribution is -2.33. The molecule has 0 radical (unpaired) electrons. The van der Waals surface area contributed by atoms with E-state index in [9.17, 15) is 19.5 Å². The van der Waals surface area contributed by atoms with Gasteiger partial charge in [-0.25, -0.2) is 0 Å². The highest BCUT2D eigenvalue weighted by Gasteiger charge is 2.20. The minimum absolute atomic E-state index is 0.00797. The van der Waals surface area contributed by atoms with E-state index in [0.717, 1.165) is 22.5 Å². The van der Waals surface area contributed by atoms with Gasteiger partial charge in [0.2, 0.25) is 0 Å². The number of hydrogen-bond donors (Lipinski definition) is 3. The number of carboxylic acids is 1. The molecule has 29 heavy (non-hydrogen) atoms. The van der Waals surface area contributed by atoms with Gasteiger partial charge in [0.1, 0.15) is 0 Å². The van der Waals surface area contributed by atoms with E-state index in [1.807, 2.05) is 31.2 Å². The quantitative estimate of drug-likeness (QED) is 0.524. The van der Waals surface area contributed by atoms with E-state index in [4.69, 9.17) is 4.42 Å². The van der Waals surface area contributed by atoms with Gasteiger partial charge in [-0.2, -0.15) is 0 Å². The first-order valence-corrected chi connectivity index (χ1v) is 9.75. The van der Waals surface area contributed by atoms with Crippen molar-refractivity contribution < 1.29 is 23.9 Å². The molecule has 0 aliphatic rings. The summed E-state index contributed by atoms with van der Waals surface area (Å²) in [6, 6.07) is 14.0. The smallest absolute Gasteiger partial charge is 0.308 e. The van der Waals surface area contributed by atoms with E-state index in [1.165, 1.54) is 12.3 Å². The third kappa shape index (κ3) is 5.55. The summed E-state index contributed by atoms with van der Waals surface area (Å²) in [4.78, 5) is 36.3. The molecular formula is C21H20N2O5S. The van der Waals surface area contributed by atoms with Gasteiger partial charge in [-0.1, -0.05) is 29.8 Å². The second-order valence-electron chi connectivity index (χ2n) is 6.53. The van der Waals surface area contributed by atoms with Crippen molar-refractivity contribution in [1.82, 2.24) is 5.32 Å². The van der Waals surface area contributed by atoms with Crippen LogP contribution >= 0.6 is 11.3 Å². The number of furan rings is 1. The molecule has 0 fully saturated rings. The van der Waals surface area contributed by atoms with Gasteiger partial charge in [0.05, 0.1) is 22.1 Å². The monoisotopic (exact) mass is 412 g/mol. The second-order valence-corrected chi connectivity index (χ2v) is 7.61. The van der Waals surface area contributed by atoms with Crippen LogP contribution < -0.4 is 10.6 Å². The number of carbonyl (C=O) groups is 3. The molecule has 3 rings (SSSR count). The van der Waals surface area contributed by atoms with Crippen molar-refractivity contribution in [3.8, 4) is 0 Å². The molecule has 0 saturated heterocycles. The van der Waals surface area contributed by atoms with Crippen LogP contribution in [0.3, 0.4) is 0 Å². The lowest BCUT2D eigenvalue weighted by Gasteiger charge is -2.13. The first-order chi connectivity index (χ1) is 13.9. The van der Waals surface area contributed by atoms with Gasteiger partial charge in [0.25, 0.3) is 11.8 Å². The number of anilines is 1. The summed E-state index contributed by atoms with van der Waals surface area (Å²) in [5, 5.41) is 15.3. The van der Waals surface area contributed by atoms with Gasteiger partial charge < -0.3 is 20.2 Å². The molecule has 0 aliphatic heterocycles.